The minimum absolute atomic E-state index is 0.0416. The number of carbonyl (C=O) groups is 3. The van der Waals surface area contributed by atoms with E-state index in [0.717, 1.165) is 42.0 Å². The minimum atomic E-state index is -0.607. The van der Waals surface area contributed by atoms with E-state index < -0.39 is 11.9 Å². The lowest BCUT2D eigenvalue weighted by atomic mass is 9.92. The van der Waals surface area contributed by atoms with Crippen molar-refractivity contribution in [3.63, 3.8) is 0 Å². The van der Waals surface area contributed by atoms with Crippen molar-refractivity contribution in [3.8, 4) is 5.75 Å². The summed E-state index contributed by atoms with van der Waals surface area (Å²) >= 11 is 0. The lowest BCUT2D eigenvalue weighted by Crippen LogP contribution is -2.52. The highest BCUT2D eigenvalue weighted by atomic mass is 16.5. The van der Waals surface area contributed by atoms with Gasteiger partial charge in [-0.1, -0.05) is 12.5 Å². The van der Waals surface area contributed by atoms with Crippen LogP contribution >= 0.6 is 0 Å². The van der Waals surface area contributed by atoms with Crippen LogP contribution in [0.4, 0.5) is 0 Å². The maximum absolute atomic E-state index is 12.9. The van der Waals surface area contributed by atoms with E-state index in [1.54, 1.807) is 11.0 Å². The third kappa shape index (κ3) is 4.68. The maximum Gasteiger partial charge on any atom is 0.255 e. The molecule has 3 heterocycles. The Hall–Kier alpha value is -3.26. The van der Waals surface area contributed by atoms with Gasteiger partial charge < -0.3 is 15.0 Å². The molecular weight excluding hydrogens is 432 g/mol. The highest BCUT2D eigenvalue weighted by Crippen LogP contribution is 2.32. The van der Waals surface area contributed by atoms with Gasteiger partial charge in [-0.15, -0.1) is 0 Å². The van der Waals surface area contributed by atoms with Crippen molar-refractivity contribution in [1.29, 1.82) is 0 Å². The second-order valence-corrected chi connectivity index (χ2v) is 9.42. The van der Waals surface area contributed by atoms with E-state index in [1.807, 2.05) is 37.3 Å². The molecule has 1 unspecified atom stereocenters. The maximum atomic E-state index is 12.9. The van der Waals surface area contributed by atoms with Gasteiger partial charge in [-0.2, -0.15) is 0 Å². The molecule has 1 saturated carbocycles. The number of pyridine rings is 1. The summed E-state index contributed by atoms with van der Waals surface area (Å²) in [7, 11) is 0. The van der Waals surface area contributed by atoms with Gasteiger partial charge >= 0.3 is 0 Å². The van der Waals surface area contributed by atoms with Crippen LogP contribution in [0.3, 0.4) is 0 Å². The first-order valence-corrected chi connectivity index (χ1v) is 12.1. The van der Waals surface area contributed by atoms with Gasteiger partial charge in [0.2, 0.25) is 11.8 Å². The SMILES string of the molecule is Cc1cccc(CN[C@@H]2CCCC[C@H]2Oc2ccc3c(c2)CN(C2CCC(=O)NC2=O)C3=O)n1. The van der Waals surface area contributed by atoms with Crippen molar-refractivity contribution in [2.75, 3.05) is 0 Å². The number of fused-ring (bicyclic) bond motifs is 1. The number of amides is 3. The third-order valence-electron chi connectivity index (χ3n) is 6.98. The Morgan fingerprint density at radius 1 is 1.12 bits per heavy atom. The van der Waals surface area contributed by atoms with Gasteiger partial charge in [0, 0.05) is 36.8 Å². The van der Waals surface area contributed by atoms with Crippen molar-refractivity contribution in [1.82, 2.24) is 20.5 Å². The molecule has 8 nitrogen and oxygen atoms in total. The van der Waals surface area contributed by atoms with E-state index >= 15 is 0 Å². The molecule has 3 atom stereocenters. The molecule has 3 aliphatic rings. The molecular formula is C26H30N4O4. The van der Waals surface area contributed by atoms with Crippen molar-refractivity contribution in [3.05, 3.63) is 58.9 Å². The highest BCUT2D eigenvalue weighted by molar-refractivity contribution is 6.05. The molecule has 178 valence electrons. The van der Waals surface area contributed by atoms with Crippen molar-refractivity contribution >= 4 is 17.7 Å². The molecule has 1 aliphatic carbocycles. The fourth-order valence-corrected chi connectivity index (χ4v) is 5.20. The Morgan fingerprint density at radius 3 is 2.79 bits per heavy atom. The zero-order valence-corrected chi connectivity index (χ0v) is 19.4. The third-order valence-corrected chi connectivity index (χ3v) is 6.98. The van der Waals surface area contributed by atoms with Crippen LogP contribution in [0.5, 0.6) is 5.75 Å². The van der Waals surface area contributed by atoms with Crippen LogP contribution in [0.25, 0.3) is 0 Å². The lowest BCUT2D eigenvalue weighted by Gasteiger charge is -2.32. The van der Waals surface area contributed by atoms with Crippen LogP contribution in [-0.2, 0) is 22.7 Å². The molecule has 2 aromatic rings. The van der Waals surface area contributed by atoms with Gasteiger partial charge in [0.15, 0.2) is 0 Å². The summed E-state index contributed by atoms with van der Waals surface area (Å²) in [6.07, 6.45) is 4.95. The predicted molar refractivity (Wildman–Crippen MR) is 125 cm³/mol. The largest absolute Gasteiger partial charge is 0.489 e. The first-order valence-electron chi connectivity index (χ1n) is 12.1. The molecule has 34 heavy (non-hydrogen) atoms. The predicted octanol–water partition coefficient (Wildman–Crippen LogP) is 2.63. The summed E-state index contributed by atoms with van der Waals surface area (Å²) < 4.78 is 6.42. The average molecular weight is 463 g/mol. The van der Waals surface area contributed by atoms with Crippen LogP contribution in [0.15, 0.2) is 36.4 Å². The van der Waals surface area contributed by atoms with Crippen molar-refractivity contribution in [2.45, 2.75) is 76.7 Å². The standard InChI is InChI=1S/C26H30N4O4/c1-16-5-4-6-18(28-16)14-27-21-7-2-3-8-23(21)34-19-9-10-20-17(13-19)15-30(26(20)33)22-11-12-24(31)29-25(22)32/h4-6,9-10,13,21-23,27H,2-3,7-8,11-12,14-15H2,1H3,(H,29,31,32)/t21-,22?,23-/m1/s1. The van der Waals surface area contributed by atoms with Crippen molar-refractivity contribution in [2.24, 2.45) is 0 Å². The smallest absolute Gasteiger partial charge is 0.255 e. The van der Waals surface area contributed by atoms with Crippen molar-refractivity contribution < 1.29 is 19.1 Å². The van der Waals surface area contributed by atoms with Gasteiger partial charge in [-0.25, -0.2) is 0 Å². The van der Waals surface area contributed by atoms with Crippen LogP contribution in [-0.4, -0.2) is 45.8 Å². The number of carbonyl (C=O) groups excluding carboxylic acids is 3. The minimum Gasteiger partial charge on any atom is -0.489 e. The molecule has 0 bridgehead atoms. The lowest BCUT2D eigenvalue weighted by molar-refractivity contribution is -0.136. The monoisotopic (exact) mass is 462 g/mol. The van der Waals surface area contributed by atoms with Gasteiger partial charge in [0.25, 0.3) is 5.91 Å². The molecule has 1 aromatic heterocycles. The highest BCUT2D eigenvalue weighted by Gasteiger charge is 2.39. The van der Waals surface area contributed by atoms with E-state index in [4.69, 9.17) is 4.74 Å². The number of rotatable bonds is 6. The summed E-state index contributed by atoms with van der Waals surface area (Å²) in [6.45, 7) is 3.05. The fourth-order valence-electron chi connectivity index (χ4n) is 5.20. The summed E-state index contributed by atoms with van der Waals surface area (Å²) in [5.74, 6) is -0.106. The van der Waals surface area contributed by atoms with Gasteiger partial charge in [-0.05, 0) is 68.5 Å². The molecule has 2 aliphatic heterocycles. The summed E-state index contributed by atoms with van der Waals surface area (Å²) in [5.41, 5.74) is 3.49. The second-order valence-electron chi connectivity index (χ2n) is 9.42. The fraction of sp³-hybridized carbons (Fsp3) is 0.462. The molecule has 2 N–H and O–H groups in total. The number of piperidine rings is 1. The number of nitrogens with zero attached hydrogens (tertiary/aromatic N) is 2. The molecule has 0 spiro atoms. The van der Waals surface area contributed by atoms with Gasteiger partial charge in [0.05, 0.1) is 5.69 Å². The van der Waals surface area contributed by atoms with E-state index in [2.05, 4.69) is 15.6 Å². The molecule has 0 radical (unpaired) electrons. The topological polar surface area (TPSA) is 101 Å². The molecule has 8 heteroatoms. The zero-order chi connectivity index (χ0) is 23.7. The normalized spacial score (nSPS) is 24.7. The molecule has 1 aromatic carbocycles. The van der Waals surface area contributed by atoms with Crippen LogP contribution in [0.2, 0.25) is 0 Å². The second kappa shape index (κ2) is 9.54. The van der Waals surface area contributed by atoms with E-state index in [1.165, 1.54) is 6.42 Å². The average Bonchev–Trinajstić information content (AvgIpc) is 3.14. The number of nitrogens with one attached hydrogen (secondary N) is 2. The number of aromatic nitrogens is 1. The first-order chi connectivity index (χ1) is 16.5. The summed E-state index contributed by atoms with van der Waals surface area (Å²) in [5, 5.41) is 5.97. The molecule has 1 saturated heterocycles. The quantitative estimate of drug-likeness (QED) is 0.640. The van der Waals surface area contributed by atoms with Gasteiger partial charge in [0.1, 0.15) is 17.9 Å². The number of imide groups is 1. The van der Waals surface area contributed by atoms with Gasteiger partial charge in [-0.3, -0.25) is 24.7 Å². The number of ether oxygens (including phenoxy) is 1. The Balaban J connectivity index is 1.25. The summed E-state index contributed by atoms with van der Waals surface area (Å²) in [4.78, 5) is 42.8. The molecule has 5 rings (SSSR count). The molecule has 2 fully saturated rings. The van der Waals surface area contributed by atoms with Crippen LogP contribution in [0, 0.1) is 6.92 Å². The Morgan fingerprint density at radius 2 is 1.97 bits per heavy atom. The zero-order valence-electron chi connectivity index (χ0n) is 19.4. The van der Waals surface area contributed by atoms with E-state index in [-0.39, 0.29) is 30.4 Å². The number of aryl methyl sites for hydroxylation is 1. The Bertz CT molecular complexity index is 1120. The first kappa shape index (κ1) is 22.5. The Kier molecular flexibility index (Phi) is 6.32. The molecule has 3 amide bonds. The summed E-state index contributed by atoms with van der Waals surface area (Å²) in [6, 6.07) is 11.2. The van der Waals surface area contributed by atoms with Crippen LogP contribution in [0.1, 0.15) is 65.8 Å². The number of hydrogen-bond acceptors (Lipinski definition) is 6. The Labute approximate surface area is 199 Å². The van der Waals surface area contributed by atoms with E-state index in [0.29, 0.717) is 25.1 Å². The van der Waals surface area contributed by atoms with E-state index in [9.17, 15) is 14.4 Å². The number of hydrogen-bond donors (Lipinski definition) is 2. The van der Waals surface area contributed by atoms with Crippen LogP contribution < -0.4 is 15.4 Å². The number of benzene rings is 1.